The second-order valence-electron chi connectivity index (χ2n) is 2.96. The second-order valence-corrected chi connectivity index (χ2v) is 5.35. The molecule has 106 valence electrons. The number of halogens is 4. The Labute approximate surface area is 113 Å². The third-order valence-corrected chi connectivity index (χ3v) is 3.23. The summed E-state index contributed by atoms with van der Waals surface area (Å²) in [5, 5.41) is 0. The maximum atomic E-state index is 12.1. The van der Waals surface area contributed by atoms with Crippen LogP contribution in [-0.4, -0.2) is 32.0 Å². The van der Waals surface area contributed by atoms with E-state index >= 15 is 0 Å². The van der Waals surface area contributed by atoms with Gasteiger partial charge in [0.15, 0.2) is 5.69 Å². The Hall–Kier alpha value is -1.36. The molecule has 0 saturated carbocycles. The maximum Gasteiger partial charge on any atom is 0.534 e. The van der Waals surface area contributed by atoms with Gasteiger partial charge in [0.2, 0.25) is 5.88 Å². The number of carbonyl (C=O) groups is 1. The molecule has 11 heteroatoms. The van der Waals surface area contributed by atoms with E-state index in [-0.39, 0.29) is 4.47 Å². The molecule has 0 saturated heterocycles. The zero-order chi connectivity index (χ0) is 14.8. The molecule has 0 aliphatic carbocycles. The highest BCUT2D eigenvalue weighted by atomic mass is 79.9. The molecule has 0 amide bonds. The SMILES string of the molecule is COC(=O)c1ccc(Br)c(OS(=O)(=O)C(F)(F)F)n1. The Morgan fingerprint density at radius 1 is 1.37 bits per heavy atom. The number of hydrogen-bond acceptors (Lipinski definition) is 6. The third kappa shape index (κ3) is 3.56. The van der Waals surface area contributed by atoms with Gasteiger partial charge < -0.3 is 8.92 Å². The van der Waals surface area contributed by atoms with Gasteiger partial charge in [-0.05, 0) is 28.1 Å². The van der Waals surface area contributed by atoms with Crippen molar-refractivity contribution in [2.75, 3.05) is 7.11 Å². The molecule has 0 aliphatic rings. The number of hydrogen-bond donors (Lipinski definition) is 0. The molecule has 0 radical (unpaired) electrons. The molecule has 19 heavy (non-hydrogen) atoms. The van der Waals surface area contributed by atoms with E-state index in [0.29, 0.717) is 0 Å². The van der Waals surface area contributed by atoms with E-state index in [1.54, 1.807) is 0 Å². The molecule has 1 heterocycles. The highest BCUT2D eigenvalue weighted by Gasteiger charge is 2.49. The van der Waals surface area contributed by atoms with Gasteiger partial charge in [-0.2, -0.15) is 21.6 Å². The molecule has 1 rings (SSSR count). The number of ether oxygens (including phenoxy) is 1. The van der Waals surface area contributed by atoms with E-state index < -0.39 is 33.2 Å². The number of carbonyl (C=O) groups excluding carboxylic acids is 1. The number of alkyl halides is 3. The van der Waals surface area contributed by atoms with E-state index in [1.165, 1.54) is 0 Å². The summed E-state index contributed by atoms with van der Waals surface area (Å²) in [6.45, 7) is 0. The van der Waals surface area contributed by atoms with Crippen LogP contribution in [0.4, 0.5) is 13.2 Å². The van der Waals surface area contributed by atoms with Crippen LogP contribution in [0.5, 0.6) is 5.88 Å². The molecule has 0 N–H and O–H groups in total. The first-order valence-electron chi connectivity index (χ1n) is 4.34. The van der Waals surface area contributed by atoms with Gasteiger partial charge in [0.1, 0.15) is 0 Å². The van der Waals surface area contributed by atoms with E-state index in [9.17, 15) is 26.4 Å². The average Bonchev–Trinajstić information content (AvgIpc) is 2.29. The van der Waals surface area contributed by atoms with Gasteiger partial charge in [0.25, 0.3) is 0 Å². The Kier molecular flexibility index (Phi) is 4.40. The molecule has 0 bridgehead atoms. The summed E-state index contributed by atoms with van der Waals surface area (Å²) in [5.41, 5.74) is -6.01. The van der Waals surface area contributed by atoms with Gasteiger partial charge >= 0.3 is 21.6 Å². The van der Waals surface area contributed by atoms with E-state index in [4.69, 9.17) is 0 Å². The van der Waals surface area contributed by atoms with Gasteiger partial charge in [0.05, 0.1) is 11.6 Å². The highest BCUT2D eigenvalue weighted by molar-refractivity contribution is 9.10. The summed E-state index contributed by atoms with van der Waals surface area (Å²) >= 11 is 2.75. The lowest BCUT2D eigenvalue weighted by molar-refractivity contribution is -0.0501. The van der Waals surface area contributed by atoms with Crippen molar-refractivity contribution in [2.45, 2.75) is 5.51 Å². The third-order valence-electron chi connectivity index (χ3n) is 1.68. The van der Waals surface area contributed by atoms with Crippen molar-refractivity contribution in [1.29, 1.82) is 0 Å². The van der Waals surface area contributed by atoms with Crippen LogP contribution < -0.4 is 4.18 Å². The number of rotatable bonds is 3. The van der Waals surface area contributed by atoms with Crippen LogP contribution in [-0.2, 0) is 14.9 Å². The quantitative estimate of drug-likeness (QED) is 0.463. The molecule has 0 spiro atoms. The number of methoxy groups -OCH3 is 1. The molecule has 1 aromatic rings. The van der Waals surface area contributed by atoms with E-state index in [1.807, 2.05) is 0 Å². The Morgan fingerprint density at radius 2 is 1.95 bits per heavy atom. The summed E-state index contributed by atoms with van der Waals surface area (Å²) in [7, 11) is -4.84. The topological polar surface area (TPSA) is 82.6 Å². The van der Waals surface area contributed by atoms with Crippen molar-refractivity contribution < 1.29 is 35.3 Å². The zero-order valence-corrected chi connectivity index (χ0v) is 11.5. The zero-order valence-electron chi connectivity index (χ0n) is 9.06. The minimum absolute atomic E-state index is 0.173. The number of pyridine rings is 1. The monoisotopic (exact) mass is 363 g/mol. The standard InChI is InChI=1S/C8H5BrF3NO5S/c1-17-7(14)5-3-2-4(9)6(13-5)18-19(15,16)8(10,11)12/h2-3H,1H3. The minimum atomic E-state index is -5.87. The fourth-order valence-electron chi connectivity index (χ4n) is 0.851. The smallest absolute Gasteiger partial charge is 0.464 e. The summed E-state index contributed by atoms with van der Waals surface area (Å²) in [6.07, 6.45) is 0. The van der Waals surface area contributed by atoms with Gasteiger partial charge in [-0.25, -0.2) is 9.78 Å². The summed E-state index contributed by atoms with van der Waals surface area (Å²) in [6, 6.07) is 2.21. The molecular weight excluding hydrogens is 359 g/mol. The molecule has 0 unspecified atom stereocenters. The average molecular weight is 364 g/mol. The summed E-state index contributed by atoms with van der Waals surface area (Å²) < 4.78 is 65.9. The Morgan fingerprint density at radius 3 is 2.42 bits per heavy atom. The van der Waals surface area contributed by atoms with Crippen LogP contribution in [0.25, 0.3) is 0 Å². The molecule has 0 atom stereocenters. The van der Waals surface area contributed by atoms with Crippen molar-refractivity contribution in [2.24, 2.45) is 0 Å². The first-order valence-corrected chi connectivity index (χ1v) is 6.54. The van der Waals surface area contributed by atoms with Gasteiger partial charge in [-0.15, -0.1) is 0 Å². The van der Waals surface area contributed by atoms with Crippen molar-refractivity contribution in [3.8, 4) is 5.88 Å². The lowest BCUT2D eigenvalue weighted by Gasteiger charge is -2.10. The van der Waals surface area contributed by atoms with Crippen molar-refractivity contribution >= 4 is 32.0 Å². The Bertz CT molecular complexity index is 601. The molecular formula is C8H5BrF3NO5S. The predicted octanol–water partition coefficient (Wildman–Crippen LogP) is 1.86. The first-order chi connectivity index (χ1) is 8.58. The fourth-order valence-corrected chi connectivity index (χ4v) is 1.69. The first kappa shape index (κ1) is 15.7. The van der Waals surface area contributed by atoms with Crippen molar-refractivity contribution in [3.63, 3.8) is 0 Å². The predicted molar refractivity (Wildman–Crippen MR) is 58.9 cm³/mol. The van der Waals surface area contributed by atoms with Crippen LogP contribution in [0.1, 0.15) is 10.5 Å². The minimum Gasteiger partial charge on any atom is -0.464 e. The van der Waals surface area contributed by atoms with Crippen LogP contribution in [0, 0.1) is 0 Å². The van der Waals surface area contributed by atoms with E-state index in [2.05, 4.69) is 29.8 Å². The largest absolute Gasteiger partial charge is 0.534 e. The fraction of sp³-hybridized carbons (Fsp3) is 0.250. The van der Waals surface area contributed by atoms with E-state index in [0.717, 1.165) is 19.2 Å². The number of aromatic nitrogens is 1. The Balaban J connectivity index is 3.19. The summed E-state index contributed by atoms with van der Waals surface area (Å²) in [5.74, 6) is -1.87. The van der Waals surface area contributed by atoms with Crippen molar-refractivity contribution in [1.82, 2.24) is 4.98 Å². The van der Waals surface area contributed by atoms with Gasteiger partial charge in [-0.1, -0.05) is 0 Å². The molecule has 0 fully saturated rings. The number of nitrogens with zero attached hydrogens (tertiary/aromatic N) is 1. The second kappa shape index (κ2) is 5.33. The molecule has 1 aromatic heterocycles. The van der Waals surface area contributed by atoms with Gasteiger partial charge in [-0.3, -0.25) is 0 Å². The summed E-state index contributed by atoms with van der Waals surface area (Å²) in [4.78, 5) is 14.4. The van der Waals surface area contributed by atoms with Crippen molar-refractivity contribution in [3.05, 3.63) is 22.3 Å². The van der Waals surface area contributed by atoms with Gasteiger partial charge in [0, 0.05) is 0 Å². The molecule has 0 aromatic carbocycles. The van der Waals surface area contributed by atoms with Crippen LogP contribution in [0.3, 0.4) is 0 Å². The highest BCUT2D eigenvalue weighted by Crippen LogP contribution is 2.30. The lowest BCUT2D eigenvalue weighted by atomic mass is 10.3. The molecule has 6 nitrogen and oxygen atoms in total. The molecule has 0 aliphatic heterocycles. The normalized spacial score (nSPS) is 12.1. The van der Waals surface area contributed by atoms with Crippen LogP contribution in [0.15, 0.2) is 16.6 Å². The lowest BCUT2D eigenvalue weighted by Crippen LogP contribution is -2.28. The number of esters is 1. The van der Waals surface area contributed by atoms with Crippen LogP contribution in [0.2, 0.25) is 0 Å². The van der Waals surface area contributed by atoms with Crippen LogP contribution >= 0.6 is 15.9 Å². The maximum absolute atomic E-state index is 12.1.